The lowest BCUT2D eigenvalue weighted by Crippen LogP contribution is -2.42. The van der Waals surface area contributed by atoms with Crippen molar-refractivity contribution in [1.82, 2.24) is 4.90 Å². The number of rotatable bonds is 4. The maximum atomic E-state index is 12.7. The fourth-order valence-electron chi connectivity index (χ4n) is 3.42. The number of benzene rings is 1. The number of anilines is 1. The van der Waals surface area contributed by atoms with Crippen LogP contribution in [-0.2, 0) is 4.79 Å². The third-order valence-corrected chi connectivity index (χ3v) is 5.16. The molecule has 0 unspecified atom stereocenters. The summed E-state index contributed by atoms with van der Waals surface area (Å²) in [6.45, 7) is 4.67. The summed E-state index contributed by atoms with van der Waals surface area (Å²) in [5.74, 6) is -0.859. The zero-order chi connectivity index (χ0) is 18.1. The Balaban J connectivity index is 1.67. The van der Waals surface area contributed by atoms with Crippen molar-refractivity contribution in [3.8, 4) is 0 Å². The summed E-state index contributed by atoms with van der Waals surface area (Å²) >= 11 is 0. The van der Waals surface area contributed by atoms with E-state index in [2.05, 4.69) is 12.2 Å². The first-order valence-electron chi connectivity index (χ1n) is 8.74. The summed E-state index contributed by atoms with van der Waals surface area (Å²) < 4.78 is 0. The number of amides is 2. The highest BCUT2D eigenvalue weighted by Gasteiger charge is 2.53. The molecule has 7 nitrogen and oxygen atoms in total. The van der Waals surface area contributed by atoms with Gasteiger partial charge in [0.1, 0.15) is 5.92 Å². The van der Waals surface area contributed by atoms with Crippen molar-refractivity contribution >= 4 is 17.5 Å². The van der Waals surface area contributed by atoms with Crippen LogP contribution in [0.15, 0.2) is 18.2 Å². The second-order valence-electron chi connectivity index (χ2n) is 7.06. The number of aryl methyl sites for hydroxylation is 1. The van der Waals surface area contributed by atoms with Crippen molar-refractivity contribution in [2.24, 2.45) is 5.92 Å². The number of nitrogens with zero attached hydrogens (tertiary/aromatic N) is 2. The second-order valence-corrected chi connectivity index (χ2v) is 7.06. The molecule has 2 amide bonds. The van der Waals surface area contributed by atoms with Crippen LogP contribution in [0.25, 0.3) is 0 Å². The summed E-state index contributed by atoms with van der Waals surface area (Å²) in [7, 11) is 0. The number of likely N-dealkylation sites (tertiary alicyclic amines) is 1. The maximum Gasteiger partial charge on any atom is 0.254 e. The number of nitrogens with one attached hydrogen (secondary N) is 1. The quantitative estimate of drug-likeness (QED) is 0.670. The largest absolute Gasteiger partial charge is 0.336 e. The van der Waals surface area contributed by atoms with Crippen LogP contribution in [0.4, 0.5) is 5.69 Å². The molecule has 1 aromatic carbocycles. The van der Waals surface area contributed by atoms with Crippen molar-refractivity contribution < 1.29 is 14.5 Å². The molecule has 1 saturated carbocycles. The predicted molar refractivity (Wildman–Crippen MR) is 93.0 cm³/mol. The van der Waals surface area contributed by atoms with Gasteiger partial charge in [-0.15, -0.1) is 0 Å². The lowest BCUT2D eigenvalue weighted by Gasteiger charge is -2.33. The minimum absolute atomic E-state index is 0.0174. The topological polar surface area (TPSA) is 92.6 Å². The van der Waals surface area contributed by atoms with Crippen molar-refractivity contribution in [2.45, 2.75) is 51.6 Å². The third kappa shape index (κ3) is 3.65. The Morgan fingerprint density at radius 1 is 1.32 bits per heavy atom. The van der Waals surface area contributed by atoms with Crippen LogP contribution >= 0.6 is 0 Å². The number of hydrogen-bond acceptors (Lipinski definition) is 4. The predicted octanol–water partition coefficient (Wildman–Crippen LogP) is 2.61. The number of carbonyl (C=O) groups is 2. The molecule has 1 aliphatic carbocycles. The Labute approximate surface area is 146 Å². The SMILES string of the molecule is Cc1cc(C(=O)N2CCCC[C@@H]2C)ccc1NC(=O)[C@H]1C[C@H]1[N+](=O)[O-]. The number of hydrogen-bond donors (Lipinski definition) is 1. The van der Waals surface area contributed by atoms with E-state index in [4.69, 9.17) is 0 Å². The van der Waals surface area contributed by atoms with Gasteiger partial charge in [0, 0.05) is 35.2 Å². The number of nitro groups is 1. The van der Waals surface area contributed by atoms with Crippen LogP contribution in [0.3, 0.4) is 0 Å². The van der Waals surface area contributed by atoms with Crippen LogP contribution in [-0.4, -0.2) is 40.3 Å². The first-order valence-corrected chi connectivity index (χ1v) is 8.74. The van der Waals surface area contributed by atoms with Crippen LogP contribution in [0.1, 0.15) is 48.5 Å². The highest BCUT2D eigenvalue weighted by molar-refractivity contribution is 5.98. The van der Waals surface area contributed by atoms with E-state index in [1.165, 1.54) is 0 Å². The van der Waals surface area contributed by atoms with E-state index in [9.17, 15) is 19.7 Å². The number of carbonyl (C=O) groups excluding carboxylic acids is 2. The van der Waals surface area contributed by atoms with Gasteiger partial charge < -0.3 is 10.2 Å². The second kappa shape index (κ2) is 6.82. The van der Waals surface area contributed by atoms with Crippen molar-refractivity contribution in [1.29, 1.82) is 0 Å². The lowest BCUT2D eigenvalue weighted by atomic mass is 10.0. The molecule has 2 aliphatic rings. The van der Waals surface area contributed by atoms with Gasteiger partial charge in [0.2, 0.25) is 11.9 Å². The molecule has 7 heteroatoms. The standard InChI is InChI=1S/C18H23N3O4/c1-11-9-13(18(23)20-8-4-3-5-12(20)2)6-7-15(11)19-17(22)14-10-16(14)21(24)25/h6-7,9,12,14,16H,3-5,8,10H2,1-2H3,(H,19,22)/t12-,14-,16+/m0/s1. The molecule has 1 aromatic rings. The molecule has 0 spiro atoms. The minimum atomic E-state index is -0.762. The van der Waals surface area contributed by atoms with Gasteiger partial charge in [-0.05, 0) is 56.9 Å². The van der Waals surface area contributed by atoms with E-state index in [-0.39, 0.29) is 17.9 Å². The average molecular weight is 345 g/mol. The van der Waals surface area contributed by atoms with E-state index in [0.717, 1.165) is 31.4 Å². The zero-order valence-electron chi connectivity index (χ0n) is 14.5. The molecule has 3 rings (SSSR count). The van der Waals surface area contributed by atoms with E-state index in [1.54, 1.807) is 18.2 Å². The monoisotopic (exact) mass is 345 g/mol. The molecule has 0 radical (unpaired) electrons. The normalized spacial score (nSPS) is 25.4. The first kappa shape index (κ1) is 17.4. The number of piperidine rings is 1. The Bertz CT molecular complexity index is 718. The molecule has 0 aromatic heterocycles. The Morgan fingerprint density at radius 3 is 2.68 bits per heavy atom. The van der Waals surface area contributed by atoms with Crippen molar-refractivity contribution in [3.05, 3.63) is 39.4 Å². The maximum absolute atomic E-state index is 12.7. The Kier molecular flexibility index (Phi) is 4.74. The molecule has 1 N–H and O–H groups in total. The van der Waals surface area contributed by atoms with Crippen LogP contribution in [0.2, 0.25) is 0 Å². The highest BCUT2D eigenvalue weighted by atomic mass is 16.6. The smallest absolute Gasteiger partial charge is 0.254 e. The van der Waals surface area contributed by atoms with Gasteiger partial charge in [0.25, 0.3) is 5.91 Å². The third-order valence-electron chi connectivity index (χ3n) is 5.16. The lowest BCUT2D eigenvalue weighted by molar-refractivity contribution is -0.497. The van der Waals surface area contributed by atoms with E-state index >= 15 is 0 Å². The van der Waals surface area contributed by atoms with Gasteiger partial charge in [0.05, 0.1) is 0 Å². The molecular formula is C18H23N3O4. The summed E-state index contributed by atoms with van der Waals surface area (Å²) in [6, 6.07) is 4.68. The van der Waals surface area contributed by atoms with Gasteiger partial charge in [-0.2, -0.15) is 0 Å². The van der Waals surface area contributed by atoms with Crippen LogP contribution in [0.5, 0.6) is 0 Å². The van der Waals surface area contributed by atoms with Crippen LogP contribution in [0, 0.1) is 23.0 Å². The fourth-order valence-corrected chi connectivity index (χ4v) is 3.42. The van der Waals surface area contributed by atoms with Crippen LogP contribution < -0.4 is 5.32 Å². The minimum Gasteiger partial charge on any atom is -0.336 e. The Morgan fingerprint density at radius 2 is 2.08 bits per heavy atom. The van der Waals surface area contributed by atoms with Gasteiger partial charge in [-0.25, -0.2) is 0 Å². The molecular weight excluding hydrogens is 322 g/mol. The van der Waals surface area contributed by atoms with E-state index < -0.39 is 16.9 Å². The van der Waals surface area contributed by atoms with Gasteiger partial charge in [0.15, 0.2) is 0 Å². The summed E-state index contributed by atoms with van der Waals surface area (Å²) in [4.78, 5) is 36.9. The zero-order valence-corrected chi connectivity index (χ0v) is 14.5. The van der Waals surface area contributed by atoms with E-state index in [0.29, 0.717) is 17.7 Å². The van der Waals surface area contributed by atoms with Gasteiger partial charge >= 0.3 is 0 Å². The van der Waals surface area contributed by atoms with Gasteiger partial charge in [-0.3, -0.25) is 19.7 Å². The van der Waals surface area contributed by atoms with E-state index in [1.807, 2.05) is 11.8 Å². The molecule has 1 heterocycles. The molecule has 2 fully saturated rings. The van der Waals surface area contributed by atoms with Crippen molar-refractivity contribution in [2.75, 3.05) is 11.9 Å². The van der Waals surface area contributed by atoms with Gasteiger partial charge in [-0.1, -0.05) is 0 Å². The summed E-state index contributed by atoms with van der Waals surface area (Å²) in [5.41, 5.74) is 1.99. The Hall–Kier alpha value is -2.44. The molecule has 0 bridgehead atoms. The van der Waals surface area contributed by atoms with Crippen molar-refractivity contribution in [3.63, 3.8) is 0 Å². The summed E-state index contributed by atoms with van der Waals surface area (Å²) in [5, 5.41) is 13.4. The first-order chi connectivity index (χ1) is 11.9. The molecule has 25 heavy (non-hydrogen) atoms. The average Bonchev–Trinajstić information content (AvgIpc) is 3.37. The fraction of sp³-hybridized carbons (Fsp3) is 0.556. The molecule has 1 aliphatic heterocycles. The highest BCUT2D eigenvalue weighted by Crippen LogP contribution is 2.34. The molecule has 1 saturated heterocycles. The summed E-state index contributed by atoms with van der Waals surface area (Å²) in [6.07, 6.45) is 3.50. The molecule has 134 valence electrons. The molecule has 3 atom stereocenters.